The van der Waals surface area contributed by atoms with Crippen LogP contribution >= 0.6 is 0 Å². The maximum Gasteiger partial charge on any atom is 0.208 e. The molecule has 3 heterocycles. The summed E-state index contributed by atoms with van der Waals surface area (Å²) in [6.07, 6.45) is 8.14. The maximum absolute atomic E-state index is 5.57. The summed E-state index contributed by atoms with van der Waals surface area (Å²) >= 11 is 0. The van der Waals surface area contributed by atoms with Gasteiger partial charge < -0.3 is 9.32 Å². The van der Waals surface area contributed by atoms with Gasteiger partial charge in [-0.1, -0.05) is 0 Å². The lowest BCUT2D eigenvalue weighted by molar-refractivity contribution is 0.206. The molecule has 0 spiro atoms. The molecule has 1 aliphatic heterocycles. The van der Waals surface area contributed by atoms with Gasteiger partial charge in [-0.3, -0.25) is 9.58 Å². The number of likely N-dealkylation sites (N-methyl/N-ethyl adjacent to an activating group) is 1. The minimum atomic E-state index is 0.584. The van der Waals surface area contributed by atoms with Crippen LogP contribution in [0.25, 0.3) is 0 Å². The molecule has 2 aromatic rings. The zero-order chi connectivity index (χ0) is 15.5. The Balaban J connectivity index is 1.45. The highest BCUT2D eigenvalue weighted by molar-refractivity contribution is 5.04. The molecule has 0 unspecified atom stereocenters. The molecule has 0 aromatic carbocycles. The second-order valence-corrected chi connectivity index (χ2v) is 6.30. The normalized spacial score (nSPS) is 19.4. The van der Waals surface area contributed by atoms with Gasteiger partial charge in [-0.25, -0.2) is 4.98 Å². The Bertz CT molecular complexity index is 605. The van der Waals surface area contributed by atoms with E-state index in [1.54, 1.807) is 6.20 Å². The van der Waals surface area contributed by atoms with Crippen molar-refractivity contribution in [2.75, 3.05) is 26.7 Å². The molecule has 0 aliphatic carbocycles. The molecule has 3 rings (SSSR count). The molecule has 2 aromatic heterocycles. The van der Waals surface area contributed by atoms with E-state index in [9.17, 15) is 0 Å². The molecule has 0 radical (unpaired) electrons. The molecule has 120 valence electrons. The minimum absolute atomic E-state index is 0.584. The molecule has 0 amide bonds. The van der Waals surface area contributed by atoms with E-state index in [0.29, 0.717) is 6.04 Å². The number of aryl methyl sites for hydroxylation is 2. The summed E-state index contributed by atoms with van der Waals surface area (Å²) < 4.78 is 7.44. The van der Waals surface area contributed by atoms with Gasteiger partial charge in [-0.2, -0.15) is 5.10 Å². The van der Waals surface area contributed by atoms with Crippen molar-refractivity contribution in [1.29, 1.82) is 0 Å². The lowest BCUT2D eigenvalue weighted by Crippen LogP contribution is -2.34. The smallest absolute Gasteiger partial charge is 0.208 e. The first-order valence-electron chi connectivity index (χ1n) is 7.91. The Morgan fingerprint density at radius 3 is 2.95 bits per heavy atom. The van der Waals surface area contributed by atoms with Crippen LogP contribution in [0.15, 0.2) is 23.0 Å². The van der Waals surface area contributed by atoms with Gasteiger partial charge in [0.15, 0.2) is 0 Å². The van der Waals surface area contributed by atoms with Gasteiger partial charge in [-0.05, 0) is 38.9 Å². The molecule has 22 heavy (non-hydrogen) atoms. The summed E-state index contributed by atoms with van der Waals surface area (Å²) in [6, 6.07) is 0.584. The summed E-state index contributed by atoms with van der Waals surface area (Å²) in [5, 5.41) is 4.23. The lowest BCUT2D eigenvalue weighted by Gasteiger charge is -2.23. The van der Waals surface area contributed by atoms with Crippen LogP contribution < -0.4 is 0 Å². The predicted molar refractivity (Wildman–Crippen MR) is 84.5 cm³/mol. The summed E-state index contributed by atoms with van der Waals surface area (Å²) in [6.45, 7) is 6.12. The van der Waals surface area contributed by atoms with E-state index < -0.39 is 0 Å². The van der Waals surface area contributed by atoms with E-state index >= 15 is 0 Å². The van der Waals surface area contributed by atoms with Gasteiger partial charge in [0.1, 0.15) is 5.76 Å². The lowest BCUT2D eigenvalue weighted by atomic mass is 10.2. The standard InChI is InChI=1S/C16H25N5O/c1-13-8-17-16(22-13)12-19(2)15-5-7-21(11-15)6-4-14-9-18-20(3)10-14/h8-10,15H,4-7,11-12H2,1-3H3/t15-/m1/s1. The fourth-order valence-corrected chi connectivity index (χ4v) is 3.08. The fourth-order valence-electron chi connectivity index (χ4n) is 3.08. The van der Waals surface area contributed by atoms with Crippen LogP contribution in [0.5, 0.6) is 0 Å². The van der Waals surface area contributed by atoms with Gasteiger partial charge in [0.05, 0.1) is 18.9 Å². The predicted octanol–water partition coefficient (Wildman–Crippen LogP) is 1.47. The third kappa shape index (κ3) is 3.75. The largest absolute Gasteiger partial charge is 0.445 e. The summed E-state index contributed by atoms with van der Waals surface area (Å²) in [5.41, 5.74) is 1.31. The van der Waals surface area contributed by atoms with E-state index in [4.69, 9.17) is 4.42 Å². The highest BCUT2D eigenvalue weighted by Gasteiger charge is 2.26. The number of oxazole rings is 1. The van der Waals surface area contributed by atoms with E-state index in [1.165, 1.54) is 18.5 Å². The van der Waals surface area contributed by atoms with Crippen molar-refractivity contribution in [3.8, 4) is 0 Å². The third-order valence-electron chi connectivity index (χ3n) is 4.40. The van der Waals surface area contributed by atoms with Crippen molar-refractivity contribution < 1.29 is 4.42 Å². The first kappa shape index (κ1) is 15.2. The molecule has 6 heteroatoms. The Morgan fingerprint density at radius 2 is 2.27 bits per heavy atom. The van der Waals surface area contributed by atoms with Crippen molar-refractivity contribution in [3.05, 3.63) is 35.8 Å². The molecule has 1 atom stereocenters. The molecular formula is C16H25N5O. The molecule has 0 N–H and O–H groups in total. The zero-order valence-electron chi connectivity index (χ0n) is 13.7. The summed E-state index contributed by atoms with van der Waals surface area (Å²) in [4.78, 5) is 9.19. The fraction of sp³-hybridized carbons (Fsp3) is 0.625. The van der Waals surface area contributed by atoms with Crippen molar-refractivity contribution in [2.24, 2.45) is 7.05 Å². The van der Waals surface area contributed by atoms with Crippen LogP contribution in [0.3, 0.4) is 0 Å². The molecule has 0 bridgehead atoms. The van der Waals surface area contributed by atoms with Gasteiger partial charge in [-0.15, -0.1) is 0 Å². The first-order valence-corrected chi connectivity index (χ1v) is 7.91. The monoisotopic (exact) mass is 303 g/mol. The quantitative estimate of drug-likeness (QED) is 0.809. The van der Waals surface area contributed by atoms with Gasteiger partial charge in [0.25, 0.3) is 0 Å². The highest BCUT2D eigenvalue weighted by atomic mass is 16.4. The topological polar surface area (TPSA) is 50.3 Å². The number of hydrogen-bond donors (Lipinski definition) is 0. The van der Waals surface area contributed by atoms with Crippen LogP contribution in [0.2, 0.25) is 0 Å². The van der Waals surface area contributed by atoms with E-state index in [-0.39, 0.29) is 0 Å². The summed E-state index contributed by atoms with van der Waals surface area (Å²) in [5.74, 6) is 1.70. The van der Waals surface area contributed by atoms with E-state index in [1.807, 2.05) is 24.9 Å². The van der Waals surface area contributed by atoms with Crippen molar-refractivity contribution in [3.63, 3.8) is 0 Å². The number of likely N-dealkylation sites (tertiary alicyclic amines) is 1. The maximum atomic E-state index is 5.57. The molecule has 1 saturated heterocycles. The minimum Gasteiger partial charge on any atom is -0.445 e. The number of hydrogen-bond acceptors (Lipinski definition) is 5. The van der Waals surface area contributed by atoms with Crippen LogP contribution in [-0.4, -0.2) is 57.3 Å². The van der Waals surface area contributed by atoms with Crippen LogP contribution in [0, 0.1) is 6.92 Å². The molecule has 0 saturated carbocycles. The number of nitrogens with zero attached hydrogens (tertiary/aromatic N) is 5. The van der Waals surface area contributed by atoms with Crippen molar-refractivity contribution in [2.45, 2.75) is 32.4 Å². The van der Waals surface area contributed by atoms with Crippen LogP contribution in [0.1, 0.15) is 23.6 Å². The first-order chi connectivity index (χ1) is 10.6. The Kier molecular flexibility index (Phi) is 4.59. The van der Waals surface area contributed by atoms with Crippen LogP contribution in [0.4, 0.5) is 0 Å². The molecule has 1 fully saturated rings. The van der Waals surface area contributed by atoms with E-state index in [2.05, 4.69) is 33.1 Å². The van der Waals surface area contributed by atoms with Crippen molar-refractivity contribution in [1.82, 2.24) is 24.6 Å². The number of rotatable bonds is 6. The van der Waals surface area contributed by atoms with Crippen LogP contribution in [-0.2, 0) is 20.0 Å². The average Bonchev–Trinajstić information content (AvgIpc) is 3.18. The summed E-state index contributed by atoms with van der Waals surface area (Å²) in [7, 11) is 4.13. The Morgan fingerprint density at radius 1 is 1.41 bits per heavy atom. The van der Waals surface area contributed by atoms with Gasteiger partial charge >= 0.3 is 0 Å². The second-order valence-electron chi connectivity index (χ2n) is 6.30. The number of aromatic nitrogens is 3. The molecular weight excluding hydrogens is 278 g/mol. The average molecular weight is 303 g/mol. The SMILES string of the molecule is Cc1cnc(CN(C)[C@@H]2CCN(CCc3cnn(C)c3)C2)o1. The molecule has 6 nitrogen and oxygen atoms in total. The zero-order valence-corrected chi connectivity index (χ0v) is 13.7. The second kappa shape index (κ2) is 6.62. The van der Waals surface area contributed by atoms with E-state index in [0.717, 1.165) is 37.7 Å². The van der Waals surface area contributed by atoms with Gasteiger partial charge in [0.2, 0.25) is 5.89 Å². The van der Waals surface area contributed by atoms with Gasteiger partial charge in [0, 0.05) is 32.4 Å². The van der Waals surface area contributed by atoms with Crippen molar-refractivity contribution >= 4 is 0 Å². The highest BCUT2D eigenvalue weighted by Crippen LogP contribution is 2.17. The Hall–Kier alpha value is -1.66. The Labute approximate surface area is 131 Å². The third-order valence-corrected chi connectivity index (χ3v) is 4.40. The molecule has 1 aliphatic rings.